The van der Waals surface area contributed by atoms with Gasteiger partial charge in [0.05, 0.1) is 0 Å². The molecule has 1 aliphatic heterocycles. The Labute approximate surface area is 117 Å². The van der Waals surface area contributed by atoms with E-state index < -0.39 is 0 Å². The molecule has 1 aromatic rings. The Kier molecular flexibility index (Phi) is 7.77. The maximum Gasteiger partial charge on any atom is 0.149 e. The summed E-state index contributed by atoms with van der Waals surface area (Å²) in [6.07, 6.45) is 2.69. The van der Waals surface area contributed by atoms with Crippen molar-refractivity contribution in [1.82, 2.24) is 4.90 Å². The van der Waals surface area contributed by atoms with E-state index in [4.69, 9.17) is 4.74 Å². The first-order chi connectivity index (χ1) is 9.38. The highest BCUT2D eigenvalue weighted by molar-refractivity contribution is 5.27. The molecule has 0 aromatic heterocycles. The minimum absolute atomic E-state index is 0.474. The molecule has 2 rings (SSSR count). The molecule has 104 valence electrons. The van der Waals surface area contributed by atoms with Gasteiger partial charge in [-0.25, -0.2) is 0 Å². The van der Waals surface area contributed by atoms with Crippen molar-refractivity contribution in [3.05, 3.63) is 29.8 Å². The van der Waals surface area contributed by atoms with E-state index in [2.05, 4.69) is 28.9 Å². The minimum Gasteiger partial charge on any atom is -0.481 e. The quantitative estimate of drug-likeness (QED) is 0.764. The second-order valence-electron chi connectivity index (χ2n) is 4.34. The van der Waals surface area contributed by atoms with Crippen LogP contribution in [0.1, 0.15) is 39.2 Å². The van der Waals surface area contributed by atoms with Crippen molar-refractivity contribution >= 4 is 0 Å². The standard InChI is InChI=1S/C15H19NO.C2H6/c1-2-3-12-17-15-8-6-14(7-9-15)13-16-10-4-5-11-16;1-2/h6-9H,4-5,10-13H2,1H3;1-2H3. The van der Waals surface area contributed by atoms with Crippen LogP contribution in [-0.4, -0.2) is 24.6 Å². The SMILES string of the molecule is CC.CC#CCOc1ccc(CN2CCCC2)cc1. The highest BCUT2D eigenvalue weighted by atomic mass is 16.5. The molecule has 0 amide bonds. The maximum absolute atomic E-state index is 5.48. The lowest BCUT2D eigenvalue weighted by molar-refractivity contribution is 0.330. The van der Waals surface area contributed by atoms with E-state index in [1.54, 1.807) is 0 Å². The number of benzene rings is 1. The van der Waals surface area contributed by atoms with Crippen LogP contribution in [0, 0.1) is 11.8 Å². The summed E-state index contributed by atoms with van der Waals surface area (Å²) in [5.74, 6) is 6.61. The van der Waals surface area contributed by atoms with Gasteiger partial charge in [-0.1, -0.05) is 31.9 Å². The lowest BCUT2D eigenvalue weighted by Crippen LogP contribution is -2.18. The molecular weight excluding hydrogens is 234 g/mol. The average Bonchev–Trinajstić information content (AvgIpc) is 2.96. The second kappa shape index (κ2) is 9.47. The molecule has 1 aliphatic rings. The molecule has 0 atom stereocenters. The van der Waals surface area contributed by atoms with E-state index in [0.29, 0.717) is 6.61 Å². The topological polar surface area (TPSA) is 12.5 Å². The first-order valence-corrected chi connectivity index (χ1v) is 7.22. The molecule has 1 aromatic carbocycles. The van der Waals surface area contributed by atoms with E-state index in [-0.39, 0.29) is 0 Å². The third-order valence-electron chi connectivity index (χ3n) is 3.02. The van der Waals surface area contributed by atoms with Gasteiger partial charge >= 0.3 is 0 Å². The largest absolute Gasteiger partial charge is 0.481 e. The van der Waals surface area contributed by atoms with Crippen LogP contribution < -0.4 is 4.74 Å². The minimum atomic E-state index is 0.474. The number of hydrogen-bond acceptors (Lipinski definition) is 2. The number of rotatable bonds is 4. The van der Waals surface area contributed by atoms with Gasteiger partial charge in [-0.05, 0) is 50.6 Å². The lowest BCUT2D eigenvalue weighted by Gasteiger charge is -2.14. The molecule has 0 saturated carbocycles. The molecule has 2 nitrogen and oxygen atoms in total. The Hall–Kier alpha value is -1.46. The summed E-state index contributed by atoms with van der Waals surface area (Å²) in [5.41, 5.74) is 1.36. The molecular formula is C17H25NO. The van der Waals surface area contributed by atoms with Crippen LogP contribution in [0.15, 0.2) is 24.3 Å². The fraction of sp³-hybridized carbons (Fsp3) is 0.529. The molecule has 0 spiro atoms. The van der Waals surface area contributed by atoms with Crippen molar-refractivity contribution in [1.29, 1.82) is 0 Å². The van der Waals surface area contributed by atoms with Crippen LogP contribution in [0.4, 0.5) is 0 Å². The highest BCUT2D eigenvalue weighted by Crippen LogP contribution is 2.16. The molecule has 0 unspecified atom stereocenters. The summed E-state index contributed by atoms with van der Waals surface area (Å²) in [4.78, 5) is 2.50. The van der Waals surface area contributed by atoms with Crippen molar-refractivity contribution in [3.63, 3.8) is 0 Å². The average molecular weight is 259 g/mol. The Bertz CT molecular complexity index is 394. The van der Waals surface area contributed by atoms with Gasteiger partial charge in [0.15, 0.2) is 0 Å². The van der Waals surface area contributed by atoms with E-state index >= 15 is 0 Å². The summed E-state index contributed by atoms with van der Waals surface area (Å²) in [7, 11) is 0. The summed E-state index contributed by atoms with van der Waals surface area (Å²) in [5, 5.41) is 0. The summed E-state index contributed by atoms with van der Waals surface area (Å²) >= 11 is 0. The van der Waals surface area contributed by atoms with Gasteiger partial charge < -0.3 is 4.74 Å². The van der Waals surface area contributed by atoms with Gasteiger partial charge in [-0.15, -0.1) is 5.92 Å². The van der Waals surface area contributed by atoms with Crippen molar-refractivity contribution in [3.8, 4) is 17.6 Å². The second-order valence-corrected chi connectivity index (χ2v) is 4.34. The summed E-state index contributed by atoms with van der Waals surface area (Å²) in [6, 6.07) is 8.35. The van der Waals surface area contributed by atoms with Crippen molar-refractivity contribution in [2.45, 2.75) is 40.2 Å². The van der Waals surface area contributed by atoms with Gasteiger partial charge in [-0.3, -0.25) is 4.90 Å². The van der Waals surface area contributed by atoms with Gasteiger partial charge in [0, 0.05) is 6.54 Å². The van der Waals surface area contributed by atoms with Gasteiger partial charge in [0.1, 0.15) is 12.4 Å². The van der Waals surface area contributed by atoms with E-state index in [1.165, 1.54) is 31.5 Å². The molecule has 0 aliphatic carbocycles. The molecule has 1 heterocycles. The highest BCUT2D eigenvalue weighted by Gasteiger charge is 2.11. The molecule has 0 bridgehead atoms. The zero-order valence-corrected chi connectivity index (χ0v) is 12.4. The molecule has 1 saturated heterocycles. The number of likely N-dealkylation sites (tertiary alicyclic amines) is 1. The number of nitrogens with zero attached hydrogens (tertiary/aromatic N) is 1. The molecule has 2 heteroatoms. The monoisotopic (exact) mass is 259 g/mol. The van der Waals surface area contributed by atoms with Crippen molar-refractivity contribution in [2.75, 3.05) is 19.7 Å². The molecule has 0 radical (unpaired) electrons. The lowest BCUT2D eigenvalue weighted by atomic mass is 10.2. The normalized spacial score (nSPS) is 14.1. The molecule has 0 N–H and O–H groups in total. The fourth-order valence-electron chi connectivity index (χ4n) is 2.08. The molecule has 19 heavy (non-hydrogen) atoms. The zero-order valence-electron chi connectivity index (χ0n) is 12.4. The Balaban J connectivity index is 0.000000861. The van der Waals surface area contributed by atoms with Crippen LogP contribution in [0.3, 0.4) is 0 Å². The van der Waals surface area contributed by atoms with Gasteiger partial charge in [0.25, 0.3) is 0 Å². The first-order valence-electron chi connectivity index (χ1n) is 7.22. The Morgan fingerprint density at radius 3 is 2.32 bits per heavy atom. The fourth-order valence-corrected chi connectivity index (χ4v) is 2.08. The van der Waals surface area contributed by atoms with E-state index in [0.717, 1.165) is 12.3 Å². The van der Waals surface area contributed by atoms with Crippen molar-refractivity contribution < 1.29 is 4.74 Å². The maximum atomic E-state index is 5.48. The van der Waals surface area contributed by atoms with Gasteiger partial charge in [0.2, 0.25) is 0 Å². The third kappa shape index (κ3) is 5.81. The van der Waals surface area contributed by atoms with Crippen molar-refractivity contribution in [2.24, 2.45) is 0 Å². The third-order valence-corrected chi connectivity index (χ3v) is 3.02. The first kappa shape index (κ1) is 15.6. The summed E-state index contributed by atoms with van der Waals surface area (Å²) < 4.78 is 5.48. The zero-order chi connectivity index (χ0) is 13.9. The number of ether oxygens (including phenoxy) is 1. The van der Waals surface area contributed by atoms with Crippen LogP contribution in [-0.2, 0) is 6.54 Å². The Morgan fingerprint density at radius 2 is 1.74 bits per heavy atom. The predicted octanol–water partition coefficient (Wildman–Crippen LogP) is 3.71. The molecule has 1 fully saturated rings. The van der Waals surface area contributed by atoms with Crippen LogP contribution in [0.2, 0.25) is 0 Å². The van der Waals surface area contributed by atoms with E-state index in [1.807, 2.05) is 32.9 Å². The number of hydrogen-bond donors (Lipinski definition) is 0. The van der Waals surface area contributed by atoms with Crippen LogP contribution in [0.25, 0.3) is 0 Å². The van der Waals surface area contributed by atoms with E-state index in [9.17, 15) is 0 Å². The van der Waals surface area contributed by atoms with Crippen LogP contribution >= 0.6 is 0 Å². The summed E-state index contributed by atoms with van der Waals surface area (Å²) in [6.45, 7) is 9.84. The predicted molar refractivity (Wildman–Crippen MR) is 81.2 cm³/mol. The van der Waals surface area contributed by atoms with Crippen LogP contribution in [0.5, 0.6) is 5.75 Å². The Morgan fingerprint density at radius 1 is 1.11 bits per heavy atom. The van der Waals surface area contributed by atoms with Gasteiger partial charge in [-0.2, -0.15) is 0 Å². The smallest absolute Gasteiger partial charge is 0.149 e.